The number of aliphatic imine (C=N–C) groups is 1. The molecule has 1 aromatic rings. The maximum Gasteiger partial charge on any atom is 0.262 e. The Morgan fingerprint density at radius 3 is 2.83 bits per heavy atom. The average Bonchev–Trinajstić information content (AvgIpc) is 2.93. The topological polar surface area (TPSA) is 61.8 Å². The summed E-state index contributed by atoms with van der Waals surface area (Å²) in [4.78, 5) is 30.4. The Bertz CT molecular complexity index is 692. The number of nitrogens with zero attached hydrogens (tertiary/aromatic N) is 2. The molecular weight excluding hydrogens is 353 g/mol. The minimum Gasteiger partial charge on any atom is -0.351 e. The molecule has 0 radical (unpaired) electrons. The molecule has 1 fully saturated rings. The van der Waals surface area contributed by atoms with Gasteiger partial charge in [-0.15, -0.1) is 0 Å². The molecule has 1 N–H and O–H groups in total. The SMILES string of the molecule is O=C(C[C@@H]1SC(N2CCCCC2)=NC1=O)Nc1ccc(F)c(Cl)c1. The molecule has 1 aromatic carbocycles. The number of hydrogen-bond acceptors (Lipinski definition) is 4. The number of halogens is 2. The Labute approximate surface area is 148 Å². The maximum atomic E-state index is 13.1. The second kappa shape index (κ2) is 7.53. The minimum absolute atomic E-state index is 0.0271. The van der Waals surface area contributed by atoms with Gasteiger partial charge in [0, 0.05) is 25.2 Å². The number of rotatable bonds is 3. The lowest BCUT2D eigenvalue weighted by Crippen LogP contribution is -2.33. The number of amides is 2. The second-order valence-corrected chi connectivity index (χ2v) is 7.35. The minimum atomic E-state index is -0.546. The summed E-state index contributed by atoms with van der Waals surface area (Å²) in [5.74, 6) is -1.14. The summed E-state index contributed by atoms with van der Waals surface area (Å²) in [6.07, 6.45) is 3.43. The highest BCUT2D eigenvalue weighted by atomic mass is 35.5. The monoisotopic (exact) mass is 369 g/mol. The number of carbonyl (C=O) groups is 2. The normalized spacial score (nSPS) is 20.9. The number of hydrogen-bond donors (Lipinski definition) is 1. The molecule has 1 atom stereocenters. The number of anilines is 1. The van der Waals surface area contributed by atoms with Crippen molar-refractivity contribution in [2.24, 2.45) is 4.99 Å². The molecule has 0 spiro atoms. The first kappa shape index (κ1) is 17.2. The Kier molecular flexibility index (Phi) is 5.40. The highest BCUT2D eigenvalue weighted by Gasteiger charge is 2.33. The van der Waals surface area contributed by atoms with Gasteiger partial charge in [-0.25, -0.2) is 4.39 Å². The maximum absolute atomic E-state index is 13.1. The van der Waals surface area contributed by atoms with Crippen LogP contribution in [0.15, 0.2) is 23.2 Å². The lowest BCUT2D eigenvalue weighted by molar-refractivity contribution is -0.121. The van der Waals surface area contributed by atoms with Crippen molar-refractivity contribution in [1.82, 2.24) is 4.90 Å². The average molecular weight is 370 g/mol. The van der Waals surface area contributed by atoms with E-state index in [1.54, 1.807) is 0 Å². The van der Waals surface area contributed by atoms with Gasteiger partial charge in [-0.1, -0.05) is 23.4 Å². The highest BCUT2D eigenvalue weighted by Crippen LogP contribution is 2.29. The summed E-state index contributed by atoms with van der Waals surface area (Å²) < 4.78 is 13.1. The molecule has 2 aliphatic rings. The molecule has 0 aromatic heterocycles. The number of amidine groups is 1. The molecule has 128 valence electrons. The number of benzene rings is 1. The van der Waals surface area contributed by atoms with E-state index in [2.05, 4.69) is 15.2 Å². The van der Waals surface area contributed by atoms with Gasteiger partial charge in [0.2, 0.25) is 5.91 Å². The predicted molar refractivity (Wildman–Crippen MR) is 93.9 cm³/mol. The summed E-state index contributed by atoms with van der Waals surface area (Å²) in [7, 11) is 0. The van der Waals surface area contributed by atoms with Gasteiger partial charge in [0.15, 0.2) is 5.17 Å². The first-order valence-corrected chi connectivity index (χ1v) is 9.08. The van der Waals surface area contributed by atoms with Crippen molar-refractivity contribution in [3.05, 3.63) is 29.0 Å². The van der Waals surface area contributed by atoms with E-state index < -0.39 is 11.1 Å². The number of nitrogens with one attached hydrogen (secondary N) is 1. The van der Waals surface area contributed by atoms with E-state index in [4.69, 9.17) is 11.6 Å². The number of carbonyl (C=O) groups excluding carboxylic acids is 2. The molecule has 0 bridgehead atoms. The van der Waals surface area contributed by atoms with Gasteiger partial charge in [0.05, 0.1) is 5.02 Å². The van der Waals surface area contributed by atoms with Crippen LogP contribution >= 0.6 is 23.4 Å². The van der Waals surface area contributed by atoms with Crippen LogP contribution in [-0.2, 0) is 9.59 Å². The van der Waals surface area contributed by atoms with Crippen molar-refractivity contribution in [3.8, 4) is 0 Å². The van der Waals surface area contributed by atoms with Gasteiger partial charge in [-0.05, 0) is 37.5 Å². The van der Waals surface area contributed by atoms with Crippen molar-refractivity contribution < 1.29 is 14.0 Å². The molecule has 8 heteroatoms. The number of thioether (sulfide) groups is 1. The van der Waals surface area contributed by atoms with Crippen LogP contribution in [0.25, 0.3) is 0 Å². The van der Waals surface area contributed by atoms with Crippen LogP contribution in [0.5, 0.6) is 0 Å². The second-order valence-electron chi connectivity index (χ2n) is 5.77. The molecule has 0 aliphatic carbocycles. The van der Waals surface area contributed by atoms with E-state index in [-0.39, 0.29) is 23.3 Å². The molecule has 24 heavy (non-hydrogen) atoms. The summed E-state index contributed by atoms with van der Waals surface area (Å²) in [6, 6.07) is 3.96. The lowest BCUT2D eigenvalue weighted by atomic mass is 10.1. The number of likely N-dealkylation sites (tertiary alicyclic amines) is 1. The predicted octanol–water partition coefficient (Wildman–Crippen LogP) is 3.29. The fraction of sp³-hybridized carbons (Fsp3) is 0.438. The number of piperidine rings is 1. The zero-order valence-corrected chi connectivity index (χ0v) is 14.5. The van der Waals surface area contributed by atoms with E-state index in [1.807, 2.05) is 0 Å². The van der Waals surface area contributed by atoms with Gasteiger partial charge in [0.1, 0.15) is 11.1 Å². The molecule has 0 unspecified atom stereocenters. The fourth-order valence-electron chi connectivity index (χ4n) is 2.68. The Hall–Kier alpha value is -1.60. The molecule has 0 saturated carbocycles. The van der Waals surface area contributed by atoms with Gasteiger partial charge < -0.3 is 10.2 Å². The van der Waals surface area contributed by atoms with E-state index in [1.165, 1.54) is 36.4 Å². The standard InChI is InChI=1S/C16H17ClFN3O2S/c17-11-8-10(4-5-12(11)18)19-14(22)9-13-15(23)20-16(24-13)21-6-2-1-3-7-21/h4-5,8,13H,1-3,6-7,9H2,(H,19,22)/t13-/m0/s1. The summed E-state index contributed by atoms with van der Waals surface area (Å²) in [6.45, 7) is 1.82. The summed E-state index contributed by atoms with van der Waals surface area (Å²) in [5, 5.41) is 2.79. The van der Waals surface area contributed by atoms with Gasteiger partial charge >= 0.3 is 0 Å². The Balaban J connectivity index is 1.55. The van der Waals surface area contributed by atoms with Crippen LogP contribution in [0, 0.1) is 5.82 Å². The third-order valence-corrected chi connectivity index (χ3v) is 5.43. The van der Waals surface area contributed by atoms with Crippen LogP contribution < -0.4 is 5.32 Å². The van der Waals surface area contributed by atoms with Crippen molar-refractivity contribution in [3.63, 3.8) is 0 Å². The molecule has 2 heterocycles. The van der Waals surface area contributed by atoms with E-state index >= 15 is 0 Å². The quantitative estimate of drug-likeness (QED) is 0.888. The Morgan fingerprint density at radius 1 is 1.38 bits per heavy atom. The molecule has 5 nitrogen and oxygen atoms in total. The molecule has 2 aliphatic heterocycles. The first-order chi connectivity index (χ1) is 11.5. The van der Waals surface area contributed by atoms with Crippen LogP contribution in [0.1, 0.15) is 25.7 Å². The molecule has 2 amide bonds. The largest absolute Gasteiger partial charge is 0.351 e. The van der Waals surface area contributed by atoms with Crippen molar-refractivity contribution in [2.45, 2.75) is 30.9 Å². The molecule has 3 rings (SSSR count). The fourth-order valence-corrected chi connectivity index (χ4v) is 3.98. The van der Waals surface area contributed by atoms with Gasteiger partial charge in [0.25, 0.3) is 5.91 Å². The Morgan fingerprint density at radius 2 is 2.12 bits per heavy atom. The van der Waals surface area contributed by atoms with Crippen molar-refractivity contribution in [1.29, 1.82) is 0 Å². The summed E-state index contributed by atoms with van der Waals surface area (Å²) >= 11 is 7.04. The van der Waals surface area contributed by atoms with Crippen molar-refractivity contribution >= 4 is 46.0 Å². The van der Waals surface area contributed by atoms with Gasteiger partial charge in [-0.3, -0.25) is 9.59 Å². The van der Waals surface area contributed by atoms with Crippen molar-refractivity contribution in [2.75, 3.05) is 18.4 Å². The smallest absolute Gasteiger partial charge is 0.262 e. The van der Waals surface area contributed by atoms with Crippen LogP contribution in [0.3, 0.4) is 0 Å². The molecular formula is C16H17ClFN3O2S. The highest BCUT2D eigenvalue weighted by molar-refractivity contribution is 8.15. The lowest BCUT2D eigenvalue weighted by Gasteiger charge is -2.27. The third-order valence-electron chi connectivity index (χ3n) is 3.93. The summed E-state index contributed by atoms with van der Waals surface area (Å²) in [5.41, 5.74) is 0.402. The first-order valence-electron chi connectivity index (χ1n) is 7.82. The third kappa shape index (κ3) is 4.08. The van der Waals surface area contributed by atoms with E-state index in [9.17, 15) is 14.0 Å². The van der Waals surface area contributed by atoms with Gasteiger partial charge in [-0.2, -0.15) is 4.99 Å². The van der Waals surface area contributed by atoms with E-state index in [0.717, 1.165) is 31.1 Å². The zero-order valence-electron chi connectivity index (χ0n) is 12.9. The zero-order chi connectivity index (χ0) is 17.1. The molecule has 1 saturated heterocycles. The van der Waals surface area contributed by atoms with Crippen LogP contribution in [0.4, 0.5) is 10.1 Å². The van der Waals surface area contributed by atoms with Crippen LogP contribution in [0.2, 0.25) is 5.02 Å². The van der Waals surface area contributed by atoms with E-state index in [0.29, 0.717) is 5.69 Å². The van der Waals surface area contributed by atoms with Crippen LogP contribution in [-0.4, -0.2) is 40.2 Å².